The van der Waals surface area contributed by atoms with E-state index in [4.69, 9.17) is 11.5 Å². The van der Waals surface area contributed by atoms with Crippen LogP contribution in [0.3, 0.4) is 0 Å². The number of imidazole rings is 1. The molecule has 4 rings (SSSR count). The summed E-state index contributed by atoms with van der Waals surface area (Å²) in [6, 6.07) is 7.35. The molecule has 0 saturated heterocycles. The summed E-state index contributed by atoms with van der Waals surface area (Å²) in [6.07, 6.45) is 3.30. The van der Waals surface area contributed by atoms with E-state index in [-0.39, 0.29) is 42.9 Å². The van der Waals surface area contributed by atoms with E-state index in [0.29, 0.717) is 35.2 Å². The fraction of sp³-hybridized carbons (Fsp3) is 0.459. The van der Waals surface area contributed by atoms with E-state index in [9.17, 15) is 72.9 Å². The zero-order valence-electron chi connectivity index (χ0n) is 51.8. The maximum absolute atomic E-state index is 14.1. The van der Waals surface area contributed by atoms with E-state index in [0.717, 1.165) is 0 Å². The summed E-state index contributed by atoms with van der Waals surface area (Å²) in [5.41, 5.74) is 13.2. The van der Waals surface area contributed by atoms with Gasteiger partial charge in [0.15, 0.2) is 0 Å². The van der Waals surface area contributed by atoms with Crippen molar-refractivity contribution in [2.24, 2.45) is 29.2 Å². The molecule has 1 unspecified atom stereocenters. The highest BCUT2D eigenvalue weighted by Crippen LogP contribution is 2.17. The molecule has 30 nitrogen and oxygen atoms in total. The number of hydrogen-bond acceptors (Lipinski definition) is 17. The molecular formula is C61H85N15O15. The number of aromatic hydroxyl groups is 3. The highest BCUT2D eigenvalue weighted by molar-refractivity contribution is 5.98. The van der Waals surface area contributed by atoms with Crippen LogP contribution in [0.4, 0.5) is 0 Å². The molecule has 0 aliphatic carbocycles. The monoisotopic (exact) mass is 1270 g/mol. The number of phenols is 3. The zero-order chi connectivity index (χ0) is 67.5. The first-order valence-electron chi connectivity index (χ1n) is 29.6. The Kier molecular flexibility index (Phi) is 29.3. The van der Waals surface area contributed by atoms with Crippen LogP contribution in [0.1, 0.15) is 83.7 Å². The van der Waals surface area contributed by atoms with E-state index < -0.39 is 163 Å². The van der Waals surface area contributed by atoms with Gasteiger partial charge in [0.05, 0.1) is 32.5 Å². The molecule has 1 aromatic heterocycles. The first kappa shape index (κ1) is 73.3. The maximum atomic E-state index is 14.1. The predicted octanol–water partition coefficient (Wildman–Crippen LogP) is -2.76. The van der Waals surface area contributed by atoms with Crippen molar-refractivity contribution in [3.8, 4) is 17.2 Å². The molecule has 0 fully saturated rings. The van der Waals surface area contributed by atoms with Crippen molar-refractivity contribution in [3.63, 3.8) is 0 Å². The minimum atomic E-state index is -1.36. The third-order valence-corrected chi connectivity index (χ3v) is 14.8. The highest BCUT2D eigenvalue weighted by atomic mass is 16.3. The lowest BCUT2D eigenvalue weighted by atomic mass is 9.96. The first-order valence-corrected chi connectivity index (χ1v) is 29.6. The van der Waals surface area contributed by atoms with Gasteiger partial charge in [0.25, 0.3) is 0 Å². The van der Waals surface area contributed by atoms with Crippen molar-refractivity contribution in [1.29, 1.82) is 0 Å². The van der Waals surface area contributed by atoms with E-state index in [1.165, 1.54) is 80.1 Å². The number of phenolic OH excluding ortho intramolecular Hbond substituents is 3. The van der Waals surface area contributed by atoms with Gasteiger partial charge in [-0.1, -0.05) is 90.8 Å². The summed E-state index contributed by atoms with van der Waals surface area (Å²) >= 11 is 0. The Labute approximate surface area is 526 Å². The average molecular weight is 1270 g/mol. The number of benzene rings is 3. The minimum Gasteiger partial charge on any atom is -0.508 e. The number of nitrogens with two attached hydrogens (primary N) is 2. The summed E-state index contributed by atoms with van der Waals surface area (Å²) in [4.78, 5) is 167. The number of carbonyl (C=O) groups excluding carboxylic acids is 12. The Morgan fingerprint density at radius 2 is 0.835 bits per heavy atom. The van der Waals surface area contributed by atoms with E-state index >= 15 is 0 Å². The second-order valence-corrected chi connectivity index (χ2v) is 22.3. The van der Waals surface area contributed by atoms with Gasteiger partial charge in [-0.25, -0.2) is 4.98 Å². The van der Waals surface area contributed by atoms with E-state index in [1.54, 1.807) is 53.7 Å². The number of nitrogens with one attached hydrogen (secondary N) is 12. The number of primary amides is 1. The van der Waals surface area contributed by atoms with Crippen molar-refractivity contribution in [1.82, 2.24) is 68.5 Å². The molecule has 1 heterocycles. The van der Waals surface area contributed by atoms with Crippen molar-refractivity contribution < 1.29 is 72.9 Å². The molecule has 0 spiro atoms. The molecule has 19 N–H and O–H groups in total. The Morgan fingerprint density at radius 1 is 0.440 bits per heavy atom. The fourth-order valence-electron chi connectivity index (χ4n) is 8.98. The Bertz CT molecular complexity index is 3130. The molecule has 3 aromatic carbocycles. The molecule has 12 amide bonds. The molecule has 0 radical (unpaired) electrons. The number of aromatic nitrogens is 2. The van der Waals surface area contributed by atoms with Crippen molar-refractivity contribution in [3.05, 3.63) is 108 Å². The Morgan fingerprint density at radius 3 is 1.27 bits per heavy atom. The topological polar surface area (TPSA) is 479 Å². The van der Waals surface area contributed by atoms with Crippen LogP contribution < -0.4 is 70.0 Å². The molecule has 91 heavy (non-hydrogen) atoms. The zero-order valence-corrected chi connectivity index (χ0v) is 51.8. The van der Waals surface area contributed by atoms with Crippen LogP contribution >= 0.6 is 0 Å². The number of amides is 12. The predicted molar refractivity (Wildman–Crippen MR) is 330 cm³/mol. The molecule has 0 bridgehead atoms. The largest absolute Gasteiger partial charge is 0.508 e. The molecular weight excluding hydrogens is 1180 g/mol. The highest BCUT2D eigenvalue weighted by Gasteiger charge is 2.35. The lowest BCUT2D eigenvalue weighted by Crippen LogP contribution is -2.59. The van der Waals surface area contributed by atoms with Crippen LogP contribution in [0.25, 0.3) is 0 Å². The number of rotatable bonds is 36. The van der Waals surface area contributed by atoms with E-state index in [1.807, 2.05) is 0 Å². The lowest BCUT2D eigenvalue weighted by Gasteiger charge is -2.28. The molecule has 0 aliphatic heterocycles. The molecule has 0 aliphatic rings. The van der Waals surface area contributed by atoms with Gasteiger partial charge >= 0.3 is 0 Å². The normalized spacial score (nSPS) is 14.3. The second-order valence-electron chi connectivity index (χ2n) is 22.3. The molecule has 4 aromatic rings. The van der Waals surface area contributed by atoms with Crippen molar-refractivity contribution >= 4 is 70.9 Å². The summed E-state index contributed by atoms with van der Waals surface area (Å²) in [5, 5.41) is 57.3. The fourth-order valence-corrected chi connectivity index (χ4v) is 8.98. The van der Waals surface area contributed by atoms with Gasteiger partial charge in [0.1, 0.15) is 65.6 Å². The van der Waals surface area contributed by atoms with Crippen LogP contribution in [-0.4, -0.2) is 171 Å². The Balaban J connectivity index is 1.34. The molecule has 10 atom stereocenters. The van der Waals surface area contributed by atoms with Gasteiger partial charge in [-0.05, 0) is 77.8 Å². The number of H-pyrrole nitrogens is 1. The quantitative estimate of drug-likeness (QED) is 0.0219. The minimum absolute atomic E-state index is 0.0104. The maximum Gasteiger partial charge on any atom is 0.243 e. The third-order valence-electron chi connectivity index (χ3n) is 14.8. The Hall–Kier alpha value is -10.1. The van der Waals surface area contributed by atoms with Crippen LogP contribution in [0, 0.1) is 17.8 Å². The van der Waals surface area contributed by atoms with Crippen LogP contribution in [0.15, 0.2) is 85.3 Å². The van der Waals surface area contributed by atoms with E-state index in [2.05, 4.69) is 68.5 Å². The van der Waals surface area contributed by atoms with Crippen LogP contribution in [-0.2, 0) is 83.2 Å². The smallest absolute Gasteiger partial charge is 0.243 e. The average Bonchev–Trinajstić information content (AvgIpc) is 1.39. The van der Waals surface area contributed by atoms with Crippen LogP contribution in [0.5, 0.6) is 17.2 Å². The summed E-state index contributed by atoms with van der Waals surface area (Å²) in [7, 11) is 0. The van der Waals surface area contributed by atoms with Crippen molar-refractivity contribution in [2.75, 3.05) is 26.2 Å². The van der Waals surface area contributed by atoms with Crippen LogP contribution in [0.2, 0.25) is 0 Å². The van der Waals surface area contributed by atoms with Gasteiger partial charge in [-0.15, -0.1) is 0 Å². The summed E-state index contributed by atoms with van der Waals surface area (Å²) in [6.45, 7) is 8.97. The summed E-state index contributed by atoms with van der Waals surface area (Å²) < 4.78 is 0. The number of aromatic amines is 1. The molecule has 30 heteroatoms. The van der Waals surface area contributed by atoms with Crippen molar-refractivity contribution in [2.45, 2.75) is 135 Å². The summed E-state index contributed by atoms with van der Waals surface area (Å²) in [5.74, 6) is -11.3. The second kappa shape index (κ2) is 36.4. The molecule has 494 valence electrons. The van der Waals surface area contributed by atoms with Gasteiger partial charge in [-0.3, -0.25) is 57.5 Å². The van der Waals surface area contributed by atoms with Gasteiger partial charge in [0, 0.05) is 37.6 Å². The van der Waals surface area contributed by atoms with Gasteiger partial charge in [0.2, 0.25) is 70.9 Å². The molecule has 0 saturated carbocycles. The first-order chi connectivity index (χ1) is 43.1. The standard InChI is InChI=1S/C61H85N15O15/c1-8-33(5)52(60(90)72-43(54(63)84)22-36-10-16-40(77)17-11-36)75-57(87)45(24-38-14-20-42(79)21-15-38)71-50(83)30-67-59(89)51(32(3)4)74-55(85)35(7)69-49(82)29-65-48(81)28-66-56(86)44(23-37-12-18-41(78)19-13-37)73-61(91)53(34(6)9-2)76-58(88)46(70-47(80)26-62)25-39-27-64-31-68-39/h10-21,27,31-35,43-46,51-53,77-79H,8-9,22-26,28-30,62H2,1-7H3,(H2,63,84)(H,64,68)(H,65,81)(H,66,86)(H,67,89)(H,69,82)(H,70,80)(H,71,83)(H,72,90)(H,73,91)(H,74,85)(H,75,87)(H,76,88)/t33-,34-,35-,43-,44-,45-,46-,51?,52-,53-/m0/s1. The number of nitrogens with zero attached hydrogens (tertiary/aromatic N) is 1. The number of carbonyl (C=O) groups is 12. The number of hydrogen-bond donors (Lipinski definition) is 17. The lowest BCUT2D eigenvalue weighted by molar-refractivity contribution is -0.135. The van der Waals surface area contributed by atoms with Gasteiger partial charge < -0.3 is 90.3 Å². The SMILES string of the molecule is CC[C@H](C)[C@H](NC(=O)[C@H](Cc1ccc(O)cc1)NC(=O)CNC(=O)C(NC(=O)[C@H](C)NC(=O)CNC(=O)CNC(=O)[C@H](Cc1ccc(O)cc1)NC(=O)[C@@H](NC(=O)[C@H](Cc1cnc[nH]1)NC(=O)CN)[C@@H](C)CC)C(C)C)C(=O)N[C@@H](Cc1ccc(O)cc1)C(N)=O. The third kappa shape index (κ3) is 24.8. The van der Waals surface area contributed by atoms with Gasteiger partial charge in [-0.2, -0.15) is 0 Å².